The van der Waals surface area contributed by atoms with Gasteiger partial charge in [0.25, 0.3) is 0 Å². The molecule has 0 aliphatic carbocycles. The zero-order chi connectivity index (χ0) is 15.7. The lowest BCUT2D eigenvalue weighted by Crippen LogP contribution is -2.43. The van der Waals surface area contributed by atoms with Gasteiger partial charge < -0.3 is 10.1 Å². The highest BCUT2D eigenvalue weighted by Crippen LogP contribution is 2.21. The van der Waals surface area contributed by atoms with E-state index in [4.69, 9.17) is 16.3 Å². The Morgan fingerprint density at radius 3 is 2.57 bits per heavy atom. The molecule has 2 unspecified atom stereocenters. The first-order valence-electron chi connectivity index (χ1n) is 7.91. The number of nitrogens with one attached hydrogen (secondary N) is 1. The molecule has 1 aromatic carbocycles. The molecule has 0 radical (unpaired) electrons. The lowest BCUT2D eigenvalue weighted by Gasteiger charge is -2.28. The molecule has 0 aliphatic heterocycles. The van der Waals surface area contributed by atoms with E-state index in [-0.39, 0.29) is 18.0 Å². The molecule has 2 nitrogen and oxygen atoms in total. The van der Waals surface area contributed by atoms with Crippen molar-refractivity contribution in [2.45, 2.75) is 58.6 Å². The van der Waals surface area contributed by atoms with E-state index in [1.165, 1.54) is 12.1 Å². The van der Waals surface area contributed by atoms with Gasteiger partial charge in [0.2, 0.25) is 0 Å². The van der Waals surface area contributed by atoms with E-state index >= 15 is 0 Å². The molecule has 2 atom stereocenters. The summed E-state index contributed by atoms with van der Waals surface area (Å²) in [5.41, 5.74) is 0.965. The Kier molecular flexibility index (Phi) is 8.90. The summed E-state index contributed by atoms with van der Waals surface area (Å²) in [6.07, 6.45) is 4.07. The van der Waals surface area contributed by atoms with Crippen molar-refractivity contribution in [3.63, 3.8) is 0 Å². The first-order valence-corrected chi connectivity index (χ1v) is 8.29. The Morgan fingerprint density at radius 2 is 2.00 bits per heavy atom. The van der Waals surface area contributed by atoms with Gasteiger partial charge >= 0.3 is 0 Å². The molecule has 1 N–H and O–H groups in total. The van der Waals surface area contributed by atoms with Crippen LogP contribution in [0.4, 0.5) is 4.39 Å². The Bertz CT molecular complexity index is 408. The molecule has 0 fully saturated rings. The number of hydrogen-bond acceptors (Lipinski definition) is 2. The minimum atomic E-state index is -0.295. The molecule has 0 bridgehead atoms. The van der Waals surface area contributed by atoms with Crippen LogP contribution in [0, 0.1) is 5.82 Å². The highest BCUT2D eigenvalue weighted by atomic mass is 35.5. The van der Waals surface area contributed by atoms with Crippen LogP contribution in [0.2, 0.25) is 5.02 Å². The lowest BCUT2D eigenvalue weighted by molar-refractivity contribution is 0.0282. The van der Waals surface area contributed by atoms with E-state index < -0.39 is 0 Å². The van der Waals surface area contributed by atoms with Crippen molar-refractivity contribution in [3.8, 4) is 0 Å². The van der Waals surface area contributed by atoms with Gasteiger partial charge in [-0.2, -0.15) is 0 Å². The van der Waals surface area contributed by atoms with Crippen molar-refractivity contribution in [1.29, 1.82) is 0 Å². The van der Waals surface area contributed by atoms with Gasteiger partial charge in [-0.05, 0) is 50.4 Å². The van der Waals surface area contributed by atoms with Crippen LogP contribution in [0.1, 0.15) is 45.6 Å². The topological polar surface area (TPSA) is 21.3 Å². The fourth-order valence-corrected chi connectivity index (χ4v) is 2.73. The molecule has 1 rings (SSSR count). The standard InChI is InChI=1S/C17H27ClFNO/c1-4-7-17(21-6-3)16(20-10-5-2)11-13-8-9-14(19)12-15(13)18/h8-9,12,16-17,20H,4-7,10-11H2,1-3H3. The second-order valence-corrected chi connectivity index (χ2v) is 5.69. The molecule has 21 heavy (non-hydrogen) atoms. The van der Waals surface area contributed by atoms with Crippen molar-refractivity contribution in [2.75, 3.05) is 13.2 Å². The van der Waals surface area contributed by atoms with Crippen LogP contribution in [0.25, 0.3) is 0 Å². The van der Waals surface area contributed by atoms with Gasteiger partial charge in [-0.15, -0.1) is 0 Å². The zero-order valence-electron chi connectivity index (χ0n) is 13.3. The van der Waals surface area contributed by atoms with E-state index in [1.807, 2.05) is 6.92 Å². The summed E-state index contributed by atoms with van der Waals surface area (Å²) in [5, 5.41) is 4.04. The maximum absolute atomic E-state index is 13.2. The minimum Gasteiger partial charge on any atom is -0.377 e. The fraction of sp³-hybridized carbons (Fsp3) is 0.647. The molecule has 0 spiro atoms. The summed E-state index contributed by atoms with van der Waals surface area (Å²) in [5.74, 6) is -0.295. The Labute approximate surface area is 133 Å². The van der Waals surface area contributed by atoms with E-state index in [9.17, 15) is 4.39 Å². The third-order valence-electron chi connectivity index (χ3n) is 3.51. The van der Waals surface area contributed by atoms with Crippen LogP contribution in [-0.2, 0) is 11.2 Å². The van der Waals surface area contributed by atoms with Gasteiger partial charge in [-0.3, -0.25) is 0 Å². The maximum Gasteiger partial charge on any atom is 0.124 e. The van der Waals surface area contributed by atoms with Crippen LogP contribution in [0.3, 0.4) is 0 Å². The Morgan fingerprint density at radius 1 is 1.24 bits per heavy atom. The number of rotatable bonds is 10. The molecule has 0 aromatic heterocycles. The molecule has 0 heterocycles. The van der Waals surface area contributed by atoms with Gasteiger partial charge in [0.05, 0.1) is 6.10 Å². The van der Waals surface area contributed by atoms with Crippen molar-refractivity contribution in [2.24, 2.45) is 0 Å². The van der Waals surface area contributed by atoms with E-state index in [2.05, 4.69) is 19.2 Å². The summed E-state index contributed by atoms with van der Waals surface area (Å²) < 4.78 is 19.1. The molecule has 1 aromatic rings. The highest BCUT2D eigenvalue weighted by molar-refractivity contribution is 6.31. The molecular formula is C17H27ClFNO. The van der Waals surface area contributed by atoms with Gasteiger partial charge in [0.1, 0.15) is 5.82 Å². The molecule has 0 amide bonds. The number of ether oxygens (including phenoxy) is 1. The maximum atomic E-state index is 13.2. The number of hydrogen-bond donors (Lipinski definition) is 1. The lowest BCUT2D eigenvalue weighted by atomic mass is 9.98. The van der Waals surface area contributed by atoms with Crippen LogP contribution >= 0.6 is 11.6 Å². The van der Waals surface area contributed by atoms with Crippen molar-refractivity contribution < 1.29 is 9.13 Å². The first-order chi connectivity index (χ1) is 10.1. The van der Waals surface area contributed by atoms with Crippen molar-refractivity contribution >= 4 is 11.6 Å². The molecule has 0 aliphatic rings. The third-order valence-corrected chi connectivity index (χ3v) is 3.87. The van der Waals surface area contributed by atoms with Gasteiger partial charge in [0, 0.05) is 17.7 Å². The fourth-order valence-electron chi connectivity index (χ4n) is 2.49. The monoisotopic (exact) mass is 315 g/mol. The number of halogens is 2. The summed E-state index contributed by atoms with van der Waals surface area (Å²) in [7, 11) is 0. The highest BCUT2D eigenvalue weighted by Gasteiger charge is 2.22. The molecular weight excluding hydrogens is 289 g/mol. The SMILES string of the molecule is CCCNC(Cc1ccc(F)cc1Cl)C(CCC)OCC. The predicted molar refractivity (Wildman–Crippen MR) is 87.5 cm³/mol. The third kappa shape index (κ3) is 6.33. The molecule has 0 saturated heterocycles. The largest absolute Gasteiger partial charge is 0.377 e. The average molecular weight is 316 g/mol. The van der Waals surface area contributed by atoms with E-state index in [0.29, 0.717) is 11.6 Å². The second-order valence-electron chi connectivity index (χ2n) is 5.28. The first kappa shape index (κ1) is 18.4. The van der Waals surface area contributed by atoms with Gasteiger partial charge in [-0.1, -0.05) is 37.9 Å². The summed E-state index contributed by atoms with van der Waals surface area (Å²) in [6, 6.07) is 4.82. The summed E-state index contributed by atoms with van der Waals surface area (Å²) in [6.45, 7) is 7.96. The van der Waals surface area contributed by atoms with Crippen LogP contribution < -0.4 is 5.32 Å². The van der Waals surface area contributed by atoms with E-state index in [0.717, 1.165) is 37.8 Å². The van der Waals surface area contributed by atoms with Crippen molar-refractivity contribution in [1.82, 2.24) is 5.32 Å². The molecule has 120 valence electrons. The number of benzene rings is 1. The zero-order valence-corrected chi connectivity index (χ0v) is 14.0. The molecule has 4 heteroatoms. The average Bonchev–Trinajstić information content (AvgIpc) is 2.45. The van der Waals surface area contributed by atoms with Crippen LogP contribution in [0.15, 0.2) is 18.2 Å². The smallest absolute Gasteiger partial charge is 0.124 e. The van der Waals surface area contributed by atoms with Crippen LogP contribution in [-0.4, -0.2) is 25.3 Å². The Hall–Kier alpha value is -0.640. The van der Waals surface area contributed by atoms with Gasteiger partial charge in [-0.25, -0.2) is 4.39 Å². The minimum absolute atomic E-state index is 0.160. The van der Waals surface area contributed by atoms with E-state index in [1.54, 1.807) is 6.07 Å². The summed E-state index contributed by atoms with van der Waals surface area (Å²) in [4.78, 5) is 0. The Balaban J connectivity index is 2.84. The second kappa shape index (κ2) is 10.1. The van der Waals surface area contributed by atoms with Crippen LogP contribution in [0.5, 0.6) is 0 Å². The molecule has 0 saturated carbocycles. The quantitative estimate of drug-likeness (QED) is 0.681. The summed E-state index contributed by atoms with van der Waals surface area (Å²) >= 11 is 6.16. The predicted octanol–water partition coefficient (Wildman–Crippen LogP) is 4.60. The van der Waals surface area contributed by atoms with Gasteiger partial charge in [0.15, 0.2) is 0 Å². The van der Waals surface area contributed by atoms with Crippen molar-refractivity contribution in [3.05, 3.63) is 34.6 Å². The normalized spacial score (nSPS) is 14.1.